The smallest absolute Gasteiger partial charge is 0.325 e. The molecule has 0 aromatic heterocycles. The van der Waals surface area contributed by atoms with Crippen LogP contribution in [0.2, 0.25) is 0 Å². The van der Waals surface area contributed by atoms with Gasteiger partial charge >= 0.3 is 11.9 Å². The molecule has 1 aliphatic heterocycles. The molecule has 0 aromatic rings. The molecule has 2 aliphatic carbocycles. The van der Waals surface area contributed by atoms with Crippen molar-refractivity contribution in [2.24, 2.45) is 11.8 Å². The molecule has 0 fully saturated rings. The highest BCUT2D eigenvalue weighted by atomic mass is 79.9. The van der Waals surface area contributed by atoms with E-state index in [1.807, 2.05) is 6.08 Å². The van der Waals surface area contributed by atoms with Crippen LogP contribution in [0, 0.1) is 11.8 Å². The van der Waals surface area contributed by atoms with Crippen molar-refractivity contribution in [1.82, 2.24) is 0 Å². The van der Waals surface area contributed by atoms with Gasteiger partial charge in [0.1, 0.15) is 11.5 Å². The molecule has 0 bridgehead atoms. The molecule has 6 heteroatoms. The molecule has 0 spiro atoms. The van der Waals surface area contributed by atoms with E-state index in [1.165, 1.54) is 0 Å². The zero-order valence-corrected chi connectivity index (χ0v) is 15.0. The summed E-state index contributed by atoms with van der Waals surface area (Å²) in [5.74, 6) is -0.0963. The Balaban J connectivity index is 1.68. The second kappa shape index (κ2) is 7.22. The molecule has 0 N–H and O–H groups in total. The maximum Gasteiger partial charge on any atom is 0.325 e. The van der Waals surface area contributed by atoms with Gasteiger partial charge in [0.15, 0.2) is 5.92 Å². The number of halogens is 2. The van der Waals surface area contributed by atoms with Crippen molar-refractivity contribution in [3.8, 4) is 0 Å². The topological polar surface area (TPSA) is 52.6 Å². The fourth-order valence-electron chi connectivity index (χ4n) is 3.15. The van der Waals surface area contributed by atoms with Gasteiger partial charge in [-0.15, -0.1) is 0 Å². The first-order chi connectivity index (χ1) is 11.1. The SMILES string of the molecule is O=C(OC1=CC(Cl)=CCC1)C1CC2=C(CCC(CBr)C2)OC1=O. The van der Waals surface area contributed by atoms with Gasteiger partial charge in [0, 0.05) is 23.2 Å². The van der Waals surface area contributed by atoms with Crippen LogP contribution in [-0.2, 0) is 19.1 Å². The van der Waals surface area contributed by atoms with Crippen molar-refractivity contribution in [2.75, 3.05) is 5.33 Å². The van der Waals surface area contributed by atoms with E-state index in [-0.39, 0.29) is 0 Å². The van der Waals surface area contributed by atoms with Crippen molar-refractivity contribution < 1.29 is 19.1 Å². The van der Waals surface area contributed by atoms with Crippen LogP contribution in [0.1, 0.15) is 38.5 Å². The average molecular weight is 402 g/mol. The second-order valence-corrected chi connectivity index (χ2v) is 7.21. The lowest BCUT2D eigenvalue weighted by molar-refractivity contribution is -0.159. The van der Waals surface area contributed by atoms with Gasteiger partial charge in [0.05, 0.1) is 0 Å². The molecule has 0 radical (unpaired) electrons. The van der Waals surface area contributed by atoms with Crippen LogP contribution < -0.4 is 0 Å². The third kappa shape index (κ3) is 3.89. The van der Waals surface area contributed by atoms with Gasteiger partial charge in [-0.1, -0.05) is 33.6 Å². The molecular formula is C17H18BrClO4. The highest BCUT2D eigenvalue weighted by Gasteiger charge is 2.39. The minimum absolute atomic E-state index is 0.410. The first-order valence-corrected chi connectivity index (χ1v) is 9.33. The summed E-state index contributed by atoms with van der Waals surface area (Å²) in [6.45, 7) is 0. The van der Waals surface area contributed by atoms with Crippen LogP contribution in [0.4, 0.5) is 0 Å². The Morgan fingerprint density at radius 1 is 1.39 bits per heavy atom. The number of hydrogen-bond acceptors (Lipinski definition) is 4. The van der Waals surface area contributed by atoms with Gasteiger partial charge < -0.3 is 9.47 Å². The standard InChI is InChI=1S/C17H18BrClO4/c18-9-10-4-5-15-11(6-10)7-14(17(21)23-15)16(20)22-13-3-1-2-12(19)8-13/h2,8,10,14H,1,3-7,9H2. The summed E-state index contributed by atoms with van der Waals surface area (Å²) in [6, 6.07) is 0. The Kier molecular flexibility index (Phi) is 5.27. The zero-order valence-electron chi connectivity index (χ0n) is 12.6. The molecule has 3 aliphatic rings. The summed E-state index contributed by atoms with van der Waals surface area (Å²) in [5.41, 5.74) is 1.08. The highest BCUT2D eigenvalue weighted by molar-refractivity contribution is 9.09. The molecule has 1 heterocycles. The van der Waals surface area contributed by atoms with Crippen molar-refractivity contribution in [3.05, 3.63) is 34.3 Å². The first kappa shape index (κ1) is 16.8. The highest BCUT2D eigenvalue weighted by Crippen LogP contribution is 2.38. The lowest BCUT2D eigenvalue weighted by Crippen LogP contribution is -2.33. The van der Waals surface area contributed by atoms with Crippen LogP contribution in [-0.4, -0.2) is 17.3 Å². The molecule has 23 heavy (non-hydrogen) atoms. The van der Waals surface area contributed by atoms with Crippen molar-refractivity contribution in [3.63, 3.8) is 0 Å². The third-order valence-electron chi connectivity index (χ3n) is 4.43. The average Bonchev–Trinajstić information content (AvgIpc) is 2.53. The number of ether oxygens (including phenoxy) is 2. The van der Waals surface area contributed by atoms with E-state index >= 15 is 0 Å². The fraction of sp³-hybridized carbons (Fsp3) is 0.529. The zero-order chi connectivity index (χ0) is 16.4. The maximum atomic E-state index is 12.4. The van der Waals surface area contributed by atoms with Gasteiger partial charge in [0.25, 0.3) is 0 Å². The quantitative estimate of drug-likeness (QED) is 0.401. The number of hydrogen-bond donors (Lipinski definition) is 0. The van der Waals surface area contributed by atoms with Crippen LogP contribution >= 0.6 is 27.5 Å². The summed E-state index contributed by atoms with van der Waals surface area (Å²) >= 11 is 9.43. The van der Waals surface area contributed by atoms with E-state index in [4.69, 9.17) is 21.1 Å². The van der Waals surface area contributed by atoms with Crippen LogP contribution in [0.15, 0.2) is 34.3 Å². The number of allylic oxidation sites excluding steroid dienone is 6. The second-order valence-electron chi connectivity index (χ2n) is 6.13. The normalized spacial score (nSPS) is 27.7. The van der Waals surface area contributed by atoms with E-state index in [0.717, 1.165) is 42.3 Å². The van der Waals surface area contributed by atoms with E-state index in [0.29, 0.717) is 29.6 Å². The fourth-order valence-corrected chi connectivity index (χ4v) is 3.93. The molecule has 3 rings (SSSR count). The molecule has 0 saturated heterocycles. The van der Waals surface area contributed by atoms with Crippen LogP contribution in [0.3, 0.4) is 0 Å². The summed E-state index contributed by atoms with van der Waals surface area (Å²) in [6.07, 6.45) is 7.90. The Morgan fingerprint density at radius 2 is 2.22 bits per heavy atom. The van der Waals surface area contributed by atoms with Crippen molar-refractivity contribution in [2.45, 2.75) is 38.5 Å². The molecule has 0 aromatic carbocycles. The molecule has 0 amide bonds. The lowest BCUT2D eigenvalue weighted by Gasteiger charge is -2.31. The van der Waals surface area contributed by atoms with Gasteiger partial charge in [-0.3, -0.25) is 9.59 Å². The summed E-state index contributed by atoms with van der Waals surface area (Å²) in [5, 5.41) is 1.48. The third-order valence-corrected chi connectivity index (χ3v) is 5.61. The minimum Gasteiger partial charge on any atom is -0.430 e. The van der Waals surface area contributed by atoms with Crippen LogP contribution in [0.5, 0.6) is 0 Å². The lowest BCUT2D eigenvalue weighted by atomic mass is 9.83. The van der Waals surface area contributed by atoms with Gasteiger partial charge in [-0.25, -0.2) is 0 Å². The molecule has 4 nitrogen and oxygen atoms in total. The monoisotopic (exact) mass is 400 g/mol. The minimum atomic E-state index is -0.867. The van der Waals surface area contributed by atoms with Crippen molar-refractivity contribution >= 4 is 39.5 Å². The number of rotatable bonds is 3. The molecule has 124 valence electrons. The van der Waals surface area contributed by atoms with Crippen molar-refractivity contribution in [1.29, 1.82) is 0 Å². The Hall–Kier alpha value is -1.07. The summed E-state index contributed by atoms with van der Waals surface area (Å²) in [4.78, 5) is 24.5. The van der Waals surface area contributed by atoms with E-state index in [2.05, 4.69) is 15.9 Å². The van der Waals surface area contributed by atoms with Crippen LogP contribution in [0.25, 0.3) is 0 Å². The largest absolute Gasteiger partial charge is 0.430 e. The predicted molar refractivity (Wildman–Crippen MR) is 89.7 cm³/mol. The molecular weight excluding hydrogens is 384 g/mol. The Labute approximate surface area is 148 Å². The van der Waals surface area contributed by atoms with Gasteiger partial charge in [-0.05, 0) is 43.3 Å². The first-order valence-electron chi connectivity index (χ1n) is 7.83. The summed E-state index contributed by atoms with van der Waals surface area (Å²) in [7, 11) is 0. The summed E-state index contributed by atoms with van der Waals surface area (Å²) < 4.78 is 10.8. The number of esters is 2. The predicted octanol–water partition coefficient (Wildman–Crippen LogP) is 4.34. The molecule has 2 unspecified atom stereocenters. The molecule has 0 saturated carbocycles. The van der Waals surface area contributed by atoms with E-state index in [9.17, 15) is 9.59 Å². The van der Waals surface area contributed by atoms with Gasteiger partial charge in [-0.2, -0.15) is 0 Å². The molecule has 2 atom stereocenters. The van der Waals surface area contributed by atoms with E-state index in [1.54, 1.807) is 6.08 Å². The number of alkyl halides is 1. The number of carbonyl (C=O) groups is 2. The van der Waals surface area contributed by atoms with Gasteiger partial charge in [0.2, 0.25) is 0 Å². The Bertz CT molecular complexity index is 620. The Morgan fingerprint density at radius 3 is 2.96 bits per heavy atom. The maximum absolute atomic E-state index is 12.4. The number of carbonyl (C=O) groups excluding carboxylic acids is 2. The van der Waals surface area contributed by atoms with E-state index < -0.39 is 17.9 Å².